The maximum Gasteiger partial charge on any atom is 0.187 e. The highest BCUT2D eigenvalue weighted by atomic mass is 16.7. The normalized spacial score (nSPS) is 35.4. The summed E-state index contributed by atoms with van der Waals surface area (Å²) >= 11 is 0. The lowest BCUT2D eigenvalue weighted by Gasteiger charge is -2.41. The molecule has 1 aliphatic carbocycles. The van der Waals surface area contributed by atoms with Gasteiger partial charge in [-0.3, -0.25) is 4.79 Å². The van der Waals surface area contributed by atoms with E-state index >= 15 is 0 Å². The van der Waals surface area contributed by atoms with Crippen LogP contribution in [0.5, 0.6) is 11.5 Å². The Balaban J connectivity index is 1.88. The first kappa shape index (κ1) is 18.1. The number of carbonyl (C=O) groups excluding carboxylic acids is 1. The Morgan fingerprint density at radius 1 is 1.08 bits per heavy atom. The van der Waals surface area contributed by atoms with Crippen LogP contribution in [0.1, 0.15) is 34.9 Å². The lowest BCUT2D eigenvalue weighted by Crippen LogP contribution is -2.59. The number of aliphatic hydroxyl groups is 4. The van der Waals surface area contributed by atoms with Crippen LogP contribution in [0, 0.1) is 0 Å². The Bertz CT molecular complexity index is 659. The molecule has 0 saturated carbocycles. The number of hydrogen-bond acceptors (Lipinski definition) is 9. The van der Waals surface area contributed by atoms with Gasteiger partial charge in [-0.1, -0.05) is 0 Å². The molecule has 0 aromatic heterocycles. The Labute approximate surface area is 142 Å². The van der Waals surface area contributed by atoms with E-state index in [1.807, 2.05) is 0 Å². The Kier molecular flexibility index (Phi) is 4.96. The van der Waals surface area contributed by atoms with Crippen LogP contribution in [0.4, 0.5) is 0 Å². The van der Waals surface area contributed by atoms with Crippen molar-refractivity contribution in [3.8, 4) is 11.5 Å². The lowest BCUT2D eigenvalue weighted by molar-refractivity contribution is -0.313. The summed E-state index contributed by atoms with van der Waals surface area (Å²) in [6.07, 6.45) is -7.92. The second-order valence-corrected chi connectivity index (χ2v) is 6.18. The van der Waals surface area contributed by atoms with Crippen molar-refractivity contribution in [2.45, 2.75) is 49.7 Å². The van der Waals surface area contributed by atoms with E-state index in [1.54, 1.807) is 0 Å². The predicted octanol–water partition coefficient (Wildman–Crippen LogP) is -1.07. The Morgan fingerprint density at radius 3 is 2.44 bits per heavy atom. The highest BCUT2D eigenvalue weighted by molar-refractivity contribution is 6.01. The van der Waals surface area contributed by atoms with E-state index in [-0.39, 0.29) is 41.3 Å². The molecule has 1 heterocycles. The van der Waals surface area contributed by atoms with E-state index in [9.17, 15) is 35.4 Å². The molecule has 6 atom stereocenters. The van der Waals surface area contributed by atoms with Gasteiger partial charge in [0.15, 0.2) is 12.1 Å². The number of ether oxygens (including phenoxy) is 2. The molecule has 1 aliphatic heterocycles. The van der Waals surface area contributed by atoms with Gasteiger partial charge in [0.25, 0.3) is 0 Å². The summed E-state index contributed by atoms with van der Waals surface area (Å²) in [5.41, 5.74) is 0.0223. The number of rotatable bonds is 3. The SMILES string of the molecule is O=C1CC[C@H](O[C@H]2O[C@H](CO)[C@@H](O)[C@H](O)[C@H]2O)c2c(O)ccc(O)c21. The molecular formula is C16H20O9. The zero-order valence-corrected chi connectivity index (χ0v) is 13.1. The van der Waals surface area contributed by atoms with Crippen molar-refractivity contribution in [3.63, 3.8) is 0 Å². The fourth-order valence-corrected chi connectivity index (χ4v) is 3.23. The van der Waals surface area contributed by atoms with E-state index in [2.05, 4.69) is 0 Å². The van der Waals surface area contributed by atoms with E-state index in [0.29, 0.717) is 0 Å². The van der Waals surface area contributed by atoms with Crippen molar-refractivity contribution < 1.29 is 44.9 Å². The Hall–Kier alpha value is -1.75. The van der Waals surface area contributed by atoms with Gasteiger partial charge in [0.05, 0.1) is 18.3 Å². The molecule has 0 radical (unpaired) electrons. The van der Waals surface area contributed by atoms with Gasteiger partial charge in [-0.2, -0.15) is 0 Å². The molecule has 9 heteroatoms. The van der Waals surface area contributed by atoms with Gasteiger partial charge in [-0.25, -0.2) is 0 Å². The molecule has 25 heavy (non-hydrogen) atoms. The first-order valence-corrected chi connectivity index (χ1v) is 7.89. The third kappa shape index (κ3) is 3.10. The zero-order chi connectivity index (χ0) is 18.3. The van der Waals surface area contributed by atoms with Crippen LogP contribution in [0.3, 0.4) is 0 Å². The second-order valence-electron chi connectivity index (χ2n) is 6.18. The molecule has 0 spiro atoms. The molecule has 0 bridgehead atoms. The number of Topliss-reactive ketones (excluding diaryl/α,β-unsaturated/α-hetero) is 1. The molecule has 0 unspecified atom stereocenters. The average Bonchev–Trinajstić information content (AvgIpc) is 2.60. The van der Waals surface area contributed by atoms with Crippen molar-refractivity contribution in [1.82, 2.24) is 0 Å². The quantitative estimate of drug-likeness (QED) is 0.371. The number of aromatic hydroxyl groups is 2. The summed E-state index contributed by atoms with van der Waals surface area (Å²) in [6.45, 7) is -0.601. The van der Waals surface area contributed by atoms with Crippen molar-refractivity contribution in [1.29, 1.82) is 0 Å². The number of hydrogen-bond donors (Lipinski definition) is 6. The number of fused-ring (bicyclic) bond motifs is 1. The number of aliphatic hydroxyl groups excluding tert-OH is 4. The van der Waals surface area contributed by atoms with Gasteiger partial charge >= 0.3 is 0 Å². The minimum atomic E-state index is -1.60. The van der Waals surface area contributed by atoms with Crippen molar-refractivity contribution >= 4 is 5.78 Å². The minimum absolute atomic E-state index is 0.0477. The molecule has 1 aromatic rings. The third-order valence-corrected chi connectivity index (χ3v) is 4.58. The fourth-order valence-electron chi connectivity index (χ4n) is 3.23. The molecule has 2 aliphatic rings. The summed E-state index contributed by atoms with van der Waals surface area (Å²) in [5.74, 6) is -0.896. The van der Waals surface area contributed by atoms with E-state index in [1.165, 1.54) is 12.1 Å². The third-order valence-electron chi connectivity index (χ3n) is 4.58. The average molecular weight is 356 g/mol. The van der Waals surface area contributed by atoms with E-state index in [4.69, 9.17) is 9.47 Å². The van der Waals surface area contributed by atoms with Crippen LogP contribution in [-0.4, -0.2) is 73.7 Å². The molecular weight excluding hydrogens is 336 g/mol. The molecule has 0 amide bonds. The first-order chi connectivity index (χ1) is 11.8. The predicted molar refractivity (Wildman–Crippen MR) is 80.9 cm³/mol. The summed E-state index contributed by atoms with van der Waals surface area (Å²) in [5, 5.41) is 58.9. The van der Waals surface area contributed by atoms with Crippen LogP contribution in [0.2, 0.25) is 0 Å². The van der Waals surface area contributed by atoms with Crippen molar-refractivity contribution in [2.75, 3.05) is 6.61 Å². The molecule has 9 nitrogen and oxygen atoms in total. The number of carbonyl (C=O) groups is 1. The largest absolute Gasteiger partial charge is 0.508 e. The van der Waals surface area contributed by atoms with Gasteiger partial charge in [-0.05, 0) is 18.6 Å². The smallest absolute Gasteiger partial charge is 0.187 e. The maximum atomic E-state index is 12.0. The monoisotopic (exact) mass is 356 g/mol. The van der Waals surface area contributed by atoms with Gasteiger partial charge in [0.2, 0.25) is 0 Å². The lowest BCUT2D eigenvalue weighted by atomic mass is 9.87. The number of ketones is 1. The highest BCUT2D eigenvalue weighted by Gasteiger charge is 2.45. The van der Waals surface area contributed by atoms with Gasteiger partial charge in [-0.15, -0.1) is 0 Å². The fraction of sp³-hybridized carbons (Fsp3) is 0.562. The highest BCUT2D eigenvalue weighted by Crippen LogP contribution is 2.43. The molecule has 3 rings (SSSR count). The standard InChI is InChI=1S/C16H20O9/c17-5-10-13(21)14(22)15(23)16(25-10)24-9-4-3-7(19)11-6(18)1-2-8(20)12(9)11/h1-2,9-10,13-18,20-23H,3-5H2/t9-,10+,13+,14-,15+,16-/m0/s1. The van der Waals surface area contributed by atoms with Gasteiger partial charge < -0.3 is 40.1 Å². The van der Waals surface area contributed by atoms with Crippen LogP contribution in [0.15, 0.2) is 12.1 Å². The number of benzene rings is 1. The first-order valence-electron chi connectivity index (χ1n) is 7.89. The number of phenols is 2. The maximum absolute atomic E-state index is 12.0. The number of phenolic OH excluding ortho intramolecular Hbond substituents is 2. The second kappa shape index (κ2) is 6.87. The molecule has 6 N–H and O–H groups in total. The van der Waals surface area contributed by atoms with Crippen LogP contribution < -0.4 is 0 Å². The minimum Gasteiger partial charge on any atom is -0.508 e. The van der Waals surface area contributed by atoms with E-state index < -0.39 is 43.4 Å². The summed E-state index contributed by atoms with van der Waals surface area (Å²) in [7, 11) is 0. The Morgan fingerprint density at radius 2 is 1.76 bits per heavy atom. The zero-order valence-electron chi connectivity index (χ0n) is 13.1. The molecule has 138 valence electrons. The van der Waals surface area contributed by atoms with Crippen molar-refractivity contribution in [2.24, 2.45) is 0 Å². The molecule has 1 fully saturated rings. The van der Waals surface area contributed by atoms with Crippen LogP contribution in [0.25, 0.3) is 0 Å². The summed E-state index contributed by atoms with van der Waals surface area (Å²) in [6, 6.07) is 2.42. The van der Waals surface area contributed by atoms with Gasteiger partial charge in [0, 0.05) is 12.0 Å². The molecule has 1 aromatic carbocycles. The van der Waals surface area contributed by atoms with Crippen LogP contribution in [-0.2, 0) is 9.47 Å². The summed E-state index contributed by atoms with van der Waals surface area (Å²) in [4.78, 5) is 12.0. The van der Waals surface area contributed by atoms with Gasteiger partial charge in [0.1, 0.15) is 35.9 Å². The van der Waals surface area contributed by atoms with Crippen molar-refractivity contribution in [3.05, 3.63) is 23.3 Å². The molecule has 1 saturated heterocycles. The van der Waals surface area contributed by atoms with Crippen LogP contribution >= 0.6 is 0 Å². The summed E-state index contributed by atoms with van der Waals surface area (Å²) < 4.78 is 10.9. The topological polar surface area (TPSA) is 157 Å². The van der Waals surface area contributed by atoms with E-state index in [0.717, 1.165) is 0 Å².